The molecule has 0 bridgehead atoms. The first-order valence-electron chi connectivity index (χ1n) is 10.7. The molecule has 8 nitrogen and oxygen atoms in total. The van der Waals surface area contributed by atoms with Crippen LogP contribution in [0.1, 0.15) is 42.7 Å². The molecule has 2 heterocycles. The van der Waals surface area contributed by atoms with Crippen LogP contribution in [-0.4, -0.2) is 32.0 Å². The summed E-state index contributed by atoms with van der Waals surface area (Å²) in [5, 5.41) is 5.96. The molecule has 1 saturated carbocycles. The van der Waals surface area contributed by atoms with Crippen molar-refractivity contribution < 1.29 is 9.53 Å². The Morgan fingerprint density at radius 3 is 2.61 bits per heavy atom. The lowest BCUT2D eigenvalue weighted by Crippen LogP contribution is -2.32. The van der Waals surface area contributed by atoms with E-state index in [0.717, 1.165) is 5.56 Å². The zero-order chi connectivity index (χ0) is 21.9. The lowest BCUT2D eigenvalue weighted by Gasteiger charge is -2.25. The van der Waals surface area contributed by atoms with Crippen LogP contribution in [0.3, 0.4) is 0 Å². The number of rotatable bonds is 7. The third-order valence-corrected chi connectivity index (χ3v) is 5.71. The van der Waals surface area contributed by atoms with Gasteiger partial charge in [0.25, 0.3) is 17.2 Å². The molecule has 0 unspecified atom stereocenters. The van der Waals surface area contributed by atoms with Crippen molar-refractivity contribution in [2.24, 2.45) is 5.92 Å². The molecular formula is C25H27N5O3. The minimum Gasteiger partial charge on any atom is -0.486 e. The maximum atomic E-state index is 12.6. The summed E-state index contributed by atoms with van der Waals surface area (Å²) >= 11 is 0. The molecule has 2 aromatic heterocycles. The number of fused-ring (bicyclic) bond motifs is 1. The van der Waals surface area contributed by atoms with Crippen LogP contribution < -0.4 is 15.6 Å². The molecule has 0 aliphatic heterocycles. The smallest absolute Gasteiger partial charge is 0.274 e. The number of aromatic nitrogens is 4. The number of amides is 1. The van der Waals surface area contributed by atoms with Crippen molar-refractivity contribution in [3.8, 4) is 17.1 Å². The monoisotopic (exact) mass is 445 g/mol. The minimum atomic E-state index is -0.283. The predicted octanol–water partition coefficient (Wildman–Crippen LogP) is 3.83. The van der Waals surface area contributed by atoms with Gasteiger partial charge in [-0.2, -0.15) is 9.50 Å². The Bertz CT molecular complexity index is 1310. The van der Waals surface area contributed by atoms with E-state index < -0.39 is 0 Å². The van der Waals surface area contributed by atoms with Gasteiger partial charge in [0, 0.05) is 18.2 Å². The van der Waals surface area contributed by atoms with Crippen molar-refractivity contribution in [2.75, 3.05) is 6.54 Å². The lowest BCUT2D eigenvalue weighted by molar-refractivity contribution is 0.0934. The summed E-state index contributed by atoms with van der Waals surface area (Å²) in [6.45, 7) is 0.733. The maximum absolute atomic E-state index is 12.6. The summed E-state index contributed by atoms with van der Waals surface area (Å²) in [5.41, 5.74) is 1.48. The van der Waals surface area contributed by atoms with Gasteiger partial charge < -0.3 is 10.1 Å². The van der Waals surface area contributed by atoms with Gasteiger partial charge in [-0.15, -0.1) is 0 Å². The van der Waals surface area contributed by atoms with Gasteiger partial charge >= 0.3 is 0 Å². The Kier molecular flexibility index (Phi) is 6.53. The molecule has 1 amide bonds. The second-order valence-corrected chi connectivity index (χ2v) is 7.95. The number of carbonyl (C=O) groups excluding carboxylic acids is 1. The highest BCUT2D eigenvalue weighted by Gasteiger charge is 2.19. The summed E-state index contributed by atoms with van der Waals surface area (Å²) < 4.78 is 7.18. The molecule has 1 fully saturated rings. The summed E-state index contributed by atoms with van der Waals surface area (Å²) in [4.78, 5) is 34.0. The van der Waals surface area contributed by atoms with Gasteiger partial charge in [-0.05, 0) is 30.9 Å². The van der Waals surface area contributed by atoms with Crippen LogP contribution in [0.25, 0.3) is 17.2 Å². The first-order chi connectivity index (χ1) is 15.7. The van der Waals surface area contributed by atoms with E-state index in [2.05, 4.69) is 20.4 Å². The molecule has 1 aliphatic carbocycles. The molecule has 170 valence electrons. The van der Waals surface area contributed by atoms with Gasteiger partial charge in [0.1, 0.15) is 12.4 Å². The van der Waals surface area contributed by atoms with Crippen molar-refractivity contribution in [3.05, 3.63) is 82.3 Å². The van der Waals surface area contributed by atoms with E-state index in [1.54, 1.807) is 18.2 Å². The Morgan fingerprint density at radius 2 is 1.85 bits per heavy atom. The van der Waals surface area contributed by atoms with Crippen molar-refractivity contribution >= 4 is 11.7 Å². The highest BCUT2D eigenvalue weighted by atomic mass is 16.5. The van der Waals surface area contributed by atoms with Crippen LogP contribution in [0, 0.1) is 5.92 Å². The molecule has 8 heteroatoms. The summed E-state index contributed by atoms with van der Waals surface area (Å²) in [7, 11) is 0. The standard InChI is InChI=1S/C24H23N5O3.CH4/c30-21-13-18(26-24-27-22(28-29(21)24)17-9-2-1-3-10-17)15-32-20-12-5-4-11-19(20)23(31)25-14-16-7-6-8-16;/h1-5,9-13,16H,6-8,14-15H2,(H,25,31)(H,26,27,28);1H4. The molecule has 5 rings (SSSR count). The average Bonchev–Trinajstić information content (AvgIpc) is 3.22. The van der Waals surface area contributed by atoms with Crippen molar-refractivity contribution in [3.63, 3.8) is 0 Å². The SMILES string of the molecule is C.O=C(NCC1CCC1)c1ccccc1OCc1cc(=O)n2[nH]c(-c3ccccc3)nc2n1. The Morgan fingerprint density at radius 1 is 1.09 bits per heavy atom. The molecule has 2 aromatic carbocycles. The molecule has 2 N–H and O–H groups in total. The van der Waals surface area contributed by atoms with E-state index in [0.29, 0.717) is 35.3 Å². The number of benzene rings is 2. The maximum Gasteiger partial charge on any atom is 0.274 e. The largest absolute Gasteiger partial charge is 0.486 e. The second-order valence-electron chi connectivity index (χ2n) is 7.95. The van der Waals surface area contributed by atoms with Crippen LogP contribution in [0.15, 0.2) is 65.5 Å². The predicted molar refractivity (Wildman–Crippen MR) is 126 cm³/mol. The summed E-state index contributed by atoms with van der Waals surface area (Å²) in [5.74, 6) is 1.69. The number of carbonyl (C=O) groups is 1. The second kappa shape index (κ2) is 9.68. The van der Waals surface area contributed by atoms with E-state index in [9.17, 15) is 9.59 Å². The van der Waals surface area contributed by atoms with Gasteiger partial charge in [-0.1, -0.05) is 56.3 Å². The first kappa shape index (κ1) is 22.3. The fraction of sp³-hybridized carbons (Fsp3) is 0.280. The average molecular weight is 446 g/mol. The van der Waals surface area contributed by atoms with E-state index in [-0.39, 0.29) is 31.3 Å². The molecular weight excluding hydrogens is 418 g/mol. The van der Waals surface area contributed by atoms with Crippen LogP contribution >= 0.6 is 0 Å². The third-order valence-electron chi connectivity index (χ3n) is 5.71. The third kappa shape index (κ3) is 4.79. The van der Waals surface area contributed by atoms with E-state index >= 15 is 0 Å². The summed E-state index contributed by atoms with van der Waals surface area (Å²) in [6, 6.07) is 18.0. The normalized spacial score (nSPS) is 13.2. The fourth-order valence-electron chi connectivity index (χ4n) is 3.69. The molecule has 0 atom stereocenters. The van der Waals surface area contributed by atoms with Gasteiger partial charge in [0.15, 0.2) is 5.82 Å². The van der Waals surface area contributed by atoms with Crippen LogP contribution in [0.4, 0.5) is 0 Å². The van der Waals surface area contributed by atoms with Gasteiger partial charge in [-0.3, -0.25) is 14.7 Å². The van der Waals surface area contributed by atoms with E-state index in [1.807, 2.05) is 36.4 Å². The number of nitrogens with one attached hydrogen (secondary N) is 2. The molecule has 0 saturated heterocycles. The summed E-state index contributed by atoms with van der Waals surface area (Å²) in [6.07, 6.45) is 3.57. The molecule has 0 radical (unpaired) electrons. The van der Waals surface area contributed by atoms with E-state index in [1.165, 1.54) is 29.8 Å². The van der Waals surface area contributed by atoms with E-state index in [4.69, 9.17) is 4.74 Å². The van der Waals surface area contributed by atoms with Gasteiger partial charge in [0.2, 0.25) is 0 Å². The van der Waals surface area contributed by atoms with Crippen LogP contribution in [0.2, 0.25) is 0 Å². The Labute approximate surface area is 191 Å². The highest BCUT2D eigenvalue weighted by Crippen LogP contribution is 2.26. The molecule has 1 aliphatic rings. The fourth-order valence-corrected chi connectivity index (χ4v) is 3.69. The number of ether oxygens (including phenoxy) is 1. The Hall–Kier alpha value is -3.94. The number of aromatic amines is 1. The number of hydrogen-bond acceptors (Lipinski definition) is 5. The van der Waals surface area contributed by atoms with Gasteiger partial charge in [0.05, 0.1) is 11.3 Å². The zero-order valence-corrected chi connectivity index (χ0v) is 17.5. The quantitative estimate of drug-likeness (QED) is 0.450. The molecule has 4 aromatic rings. The van der Waals surface area contributed by atoms with Crippen LogP contribution in [-0.2, 0) is 6.61 Å². The first-order valence-corrected chi connectivity index (χ1v) is 10.7. The zero-order valence-electron chi connectivity index (χ0n) is 17.5. The van der Waals surface area contributed by atoms with Gasteiger partial charge in [-0.25, -0.2) is 4.98 Å². The van der Waals surface area contributed by atoms with Crippen molar-refractivity contribution in [1.82, 2.24) is 24.9 Å². The van der Waals surface area contributed by atoms with Crippen molar-refractivity contribution in [2.45, 2.75) is 33.3 Å². The molecule has 0 spiro atoms. The molecule has 33 heavy (non-hydrogen) atoms. The number of H-pyrrole nitrogens is 1. The topological polar surface area (TPSA) is 101 Å². The lowest BCUT2D eigenvalue weighted by atomic mass is 9.85. The highest BCUT2D eigenvalue weighted by molar-refractivity contribution is 5.96. The van der Waals surface area contributed by atoms with Crippen LogP contribution in [0.5, 0.6) is 5.75 Å². The van der Waals surface area contributed by atoms with Crippen molar-refractivity contribution in [1.29, 1.82) is 0 Å². The Balaban J connectivity index is 0.00000259. The number of nitrogens with zero attached hydrogens (tertiary/aromatic N) is 3. The number of para-hydroxylation sites is 1. The number of hydrogen-bond donors (Lipinski definition) is 2. The minimum absolute atomic E-state index is 0.